The zero-order valence-electron chi connectivity index (χ0n) is 13.0. The molecule has 0 aromatic carbocycles. The molecule has 1 aliphatic carbocycles. The third-order valence-electron chi connectivity index (χ3n) is 4.16. The Morgan fingerprint density at radius 3 is 2.19 bits per heavy atom. The lowest BCUT2D eigenvalue weighted by Gasteiger charge is -2.30. The van der Waals surface area contributed by atoms with E-state index in [1.165, 1.54) is 6.92 Å². The van der Waals surface area contributed by atoms with Gasteiger partial charge in [0.05, 0.1) is 19.1 Å². The largest absolute Gasteiger partial charge is 0.466 e. The molecule has 122 valence electrons. The van der Waals surface area contributed by atoms with Crippen molar-refractivity contribution in [2.75, 3.05) is 19.0 Å². The molecule has 21 heavy (non-hydrogen) atoms. The Kier molecular flexibility index (Phi) is 5.78. The van der Waals surface area contributed by atoms with E-state index in [1.807, 2.05) is 0 Å². The van der Waals surface area contributed by atoms with Crippen LogP contribution in [0.4, 0.5) is 0 Å². The Morgan fingerprint density at radius 1 is 1.14 bits per heavy atom. The van der Waals surface area contributed by atoms with Crippen LogP contribution in [-0.2, 0) is 28.9 Å². The molecule has 0 saturated heterocycles. The van der Waals surface area contributed by atoms with Crippen molar-refractivity contribution in [2.24, 2.45) is 11.8 Å². The molecule has 0 heterocycles. The van der Waals surface area contributed by atoms with E-state index in [-0.39, 0.29) is 25.4 Å². The zero-order chi connectivity index (χ0) is 16.3. The second-order valence-corrected chi connectivity index (χ2v) is 7.84. The van der Waals surface area contributed by atoms with Crippen molar-refractivity contribution in [1.29, 1.82) is 0 Å². The molecule has 0 unspecified atom stereocenters. The van der Waals surface area contributed by atoms with Gasteiger partial charge in [0, 0.05) is 5.75 Å². The van der Waals surface area contributed by atoms with Gasteiger partial charge < -0.3 is 9.47 Å². The minimum Gasteiger partial charge on any atom is -0.466 e. The van der Waals surface area contributed by atoms with Gasteiger partial charge in [0.1, 0.15) is 0 Å². The summed E-state index contributed by atoms with van der Waals surface area (Å²) in [5.74, 6) is -2.40. The summed E-state index contributed by atoms with van der Waals surface area (Å²) in [6.07, 6.45) is 0.263. The molecule has 0 spiro atoms. The highest BCUT2D eigenvalue weighted by Crippen LogP contribution is 2.46. The number of ether oxygens (including phenoxy) is 2. The van der Waals surface area contributed by atoms with Crippen LogP contribution in [0.25, 0.3) is 0 Å². The highest BCUT2D eigenvalue weighted by molar-refractivity contribution is 7.93. The number of hydrogen-bond donors (Lipinski definition) is 0. The van der Waals surface area contributed by atoms with Crippen molar-refractivity contribution in [1.82, 2.24) is 0 Å². The van der Waals surface area contributed by atoms with E-state index >= 15 is 0 Å². The first-order chi connectivity index (χ1) is 9.76. The average molecular weight is 320 g/mol. The summed E-state index contributed by atoms with van der Waals surface area (Å²) in [6, 6.07) is 0. The predicted molar refractivity (Wildman–Crippen MR) is 77.3 cm³/mol. The van der Waals surface area contributed by atoms with Gasteiger partial charge in [0.2, 0.25) is 0 Å². The Balaban J connectivity index is 3.21. The predicted octanol–water partition coefficient (Wildman–Crippen LogP) is 1.33. The average Bonchev–Trinajstić information content (AvgIpc) is 2.79. The van der Waals surface area contributed by atoms with Gasteiger partial charge in [-0.05, 0) is 32.6 Å². The van der Waals surface area contributed by atoms with Crippen LogP contribution in [0.5, 0.6) is 0 Å². The summed E-state index contributed by atoms with van der Waals surface area (Å²) < 4.78 is 33.4. The minimum atomic E-state index is -3.69. The summed E-state index contributed by atoms with van der Waals surface area (Å²) in [5, 5.41) is 0. The number of esters is 2. The minimum absolute atomic E-state index is 0.0536. The third kappa shape index (κ3) is 3.07. The zero-order valence-corrected chi connectivity index (χ0v) is 13.9. The summed E-state index contributed by atoms with van der Waals surface area (Å²) in [6.45, 7) is 6.85. The molecule has 1 rings (SSSR count). The lowest BCUT2D eigenvalue weighted by molar-refractivity contribution is -0.148. The second kappa shape index (κ2) is 6.77. The number of carbonyl (C=O) groups is 2. The molecular weight excluding hydrogens is 296 g/mol. The maximum atomic E-state index is 12.5. The second-order valence-electron chi connectivity index (χ2n) is 5.30. The molecule has 1 fully saturated rings. The van der Waals surface area contributed by atoms with Crippen molar-refractivity contribution >= 4 is 21.8 Å². The van der Waals surface area contributed by atoms with Crippen LogP contribution in [-0.4, -0.2) is 44.1 Å². The molecule has 0 aromatic heterocycles. The standard InChI is InChI=1S/C14H24O6S/c1-5-19-12(15)11-8-10(4)14(9-11,13(16)20-6-2)21(17,18)7-3/h10-11H,5-9H2,1-4H3/t10-,11+,14+/m1/s1. The summed E-state index contributed by atoms with van der Waals surface area (Å²) in [5.41, 5.74) is 0. The molecule has 0 amide bonds. The lowest BCUT2D eigenvalue weighted by atomic mass is 9.97. The van der Waals surface area contributed by atoms with Crippen LogP contribution in [0.2, 0.25) is 0 Å². The van der Waals surface area contributed by atoms with Crippen LogP contribution in [0.3, 0.4) is 0 Å². The molecule has 1 saturated carbocycles. The summed E-state index contributed by atoms with van der Waals surface area (Å²) in [7, 11) is -3.69. The summed E-state index contributed by atoms with van der Waals surface area (Å²) >= 11 is 0. The monoisotopic (exact) mass is 320 g/mol. The van der Waals surface area contributed by atoms with E-state index in [0.29, 0.717) is 6.42 Å². The fourth-order valence-corrected chi connectivity index (χ4v) is 5.06. The quantitative estimate of drug-likeness (QED) is 0.686. The molecule has 0 aromatic rings. The van der Waals surface area contributed by atoms with Gasteiger partial charge >= 0.3 is 11.9 Å². The normalized spacial score (nSPS) is 29.1. The molecule has 6 nitrogen and oxygen atoms in total. The van der Waals surface area contributed by atoms with Crippen LogP contribution in [0.15, 0.2) is 0 Å². The lowest BCUT2D eigenvalue weighted by Crippen LogP contribution is -2.50. The maximum absolute atomic E-state index is 12.5. The fraction of sp³-hybridized carbons (Fsp3) is 0.857. The van der Waals surface area contributed by atoms with Crippen LogP contribution >= 0.6 is 0 Å². The first-order valence-electron chi connectivity index (χ1n) is 7.32. The van der Waals surface area contributed by atoms with Crippen LogP contribution in [0.1, 0.15) is 40.5 Å². The number of rotatable bonds is 6. The fourth-order valence-electron chi connectivity index (χ4n) is 3.06. The van der Waals surface area contributed by atoms with E-state index in [9.17, 15) is 18.0 Å². The Labute approximate surface area is 126 Å². The van der Waals surface area contributed by atoms with Gasteiger partial charge in [-0.1, -0.05) is 13.8 Å². The molecular formula is C14H24O6S. The molecule has 1 aliphatic rings. The Morgan fingerprint density at radius 2 is 1.71 bits per heavy atom. The first-order valence-corrected chi connectivity index (χ1v) is 8.98. The van der Waals surface area contributed by atoms with E-state index in [0.717, 1.165) is 0 Å². The smallest absolute Gasteiger partial charge is 0.327 e. The molecule has 0 aliphatic heterocycles. The molecule has 0 bridgehead atoms. The summed E-state index contributed by atoms with van der Waals surface area (Å²) in [4.78, 5) is 24.3. The van der Waals surface area contributed by atoms with Crippen LogP contribution < -0.4 is 0 Å². The van der Waals surface area contributed by atoms with Crippen LogP contribution in [0, 0.1) is 11.8 Å². The van der Waals surface area contributed by atoms with Gasteiger partial charge in [0.25, 0.3) is 0 Å². The first kappa shape index (κ1) is 17.9. The van der Waals surface area contributed by atoms with Gasteiger partial charge in [-0.3, -0.25) is 9.59 Å². The van der Waals surface area contributed by atoms with E-state index in [1.54, 1.807) is 20.8 Å². The SMILES string of the molecule is CCOC(=O)[C@H]1C[C@@H](C)[C@@](C(=O)OCC)(S(=O)(=O)CC)C1. The number of hydrogen-bond acceptors (Lipinski definition) is 6. The van der Waals surface area contributed by atoms with E-state index in [4.69, 9.17) is 9.47 Å². The van der Waals surface area contributed by atoms with Gasteiger partial charge in [0.15, 0.2) is 14.6 Å². The van der Waals surface area contributed by atoms with E-state index in [2.05, 4.69) is 0 Å². The third-order valence-corrected chi connectivity index (χ3v) is 6.77. The number of carbonyl (C=O) groups excluding carboxylic acids is 2. The van der Waals surface area contributed by atoms with Gasteiger partial charge in [-0.2, -0.15) is 0 Å². The topological polar surface area (TPSA) is 86.7 Å². The number of sulfone groups is 1. The molecule has 0 radical (unpaired) electrons. The molecule has 3 atom stereocenters. The Hall–Kier alpha value is -1.11. The van der Waals surface area contributed by atoms with Crippen molar-refractivity contribution in [3.8, 4) is 0 Å². The van der Waals surface area contributed by atoms with Crippen molar-refractivity contribution in [3.05, 3.63) is 0 Å². The van der Waals surface area contributed by atoms with Gasteiger partial charge in [-0.15, -0.1) is 0 Å². The van der Waals surface area contributed by atoms with Crippen molar-refractivity contribution in [2.45, 2.75) is 45.3 Å². The molecule has 0 N–H and O–H groups in total. The van der Waals surface area contributed by atoms with Gasteiger partial charge in [-0.25, -0.2) is 8.42 Å². The molecule has 7 heteroatoms. The van der Waals surface area contributed by atoms with Crippen molar-refractivity contribution in [3.63, 3.8) is 0 Å². The van der Waals surface area contributed by atoms with Crippen molar-refractivity contribution < 1.29 is 27.5 Å². The maximum Gasteiger partial charge on any atom is 0.327 e. The Bertz CT molecular complexity index is 498. The highest BCUT2D eigenvalue weighted by atomic mass is 32.2. The highest BCUT2D eigenvalue weighted by Gasteiger charge is 2.61. The van der Waals surface area contributed by atoms with E-state index < -0.39 is 38.4 Å².